The van der Waals surface area contributed by atoms with Crippen LogP contribution in [-0.4, -0.2) is 50.5 Å². The van der Waals surface area contributed by atoms with Crippen LogP contribution >= 0.6 is 0 Å². The molecule has 3 rings (SSSR count). The van der Waals surface area contributed by atoms with Gasteiger partial charge < -0.3 is 34.4 Å². The molecule has 0 radical (unpaired) electrons. The predicted molar refractivity (Wildman–Crippen MR) is 130 cm³/mol. The van der Waals surface area contributed by atoms with Gasteiger partial charge in [-0.15, -0.1) is 0 Å². The zero-order valence-corrected chi connectivity index (χ0v) is 20.3. The van der Waals surface area contributed by atoms with Gasteiger partial charge >= 0.3 is 5.97 Å². The lowest BCUT2D eigenvalue weighted by Gasteiger charge is -2.05. The number of ether oxygens (including phenoxy) is 1. The van der Waals surface area contributed by atoms with E-state index in [-0.39, 0.29) is 30.1 Å². The summed E-state index contributed by atoms with van der Waals surface area (Å²) in [6, 6.07) is 6.63. The summed E-state index contributed by atoms with van der Waals surface area (Å²) in [5, 5.41) is 8.32. The van der Waals surface area contributed by atoms with Crippen LogP contribution in [0.5, 0.6) is 0 Å². The molecule has 11 heteroatoms. The Bertz CT molecular complexity index is 1240. The lowest BCUT2D eigenvalue weighted by molar-refractivity contribution is -0.143. The Labute approximate surface area is 203 Å². The molecule has 11 nitrogen and oxygen atoms in total. The van der Waals surface area contributed by atoms with E-state index in [2.05, 4.69) is 16.0 Å². The number of carbonyl (C=O) groups is 4. The summed E-state index contributed by atoms with van der Waals surface area (Å²) in [7, 11) is 5.17. The fourth-order valence-corrected chi connectivity index (χ4v) is 3.56. The van der Waals surface area contributed by atoms with Crippen molar-refractivity contribution in [2.75, 3.05) is 23.8 Å². The second-order valence-corrected chi connectivity index (χ2v) is 8.03. The van der Waals surface area contributed by atoms with Gasteiger partial charge in [0.1, 0.15) is 17.1 Å². The zero-order valence-electron chi connectivity index (χ0n) is 20.3. The first-order valence-electron chi connectivity index (χ1n) is 11.2. The van der Waals surface area contributed by atoms with Crippen LogP contribution in [0.15, 0.2) is 42.9 Å². The number of nitrogens with zero attached hydrogens (tertiary/aromatic N) is 3. The van der Waals surface area contributed by atoms with Gasteiger partial charge in [0, 0.05) is 52.7 Å². The van der Waals surface area contributed by atoms with E-state index >= 15 is 0 Å². The molecule has 0 aromatic carbocycles. The lowest BCUT2D eigenvalue weighted by atomic mass is 10.3. The van der Waals surface area contributed by atoms with Crippen molar-refractivity contribution < 1.29 is 23.9 Å². The summed E-state index contributed by atoms with van der Waals surface area (Å²) in [6.45, 7) is 2.40. The Morgan fingerprint density at radius 1 is 0.829 bits per heavy atom. The Balaban J connectivity index is 1.58. The van der Waals surface area contributed by atoms with E-state index in [9.17, 15) is 19.2 Å². The van der Waals surface area contributed by atoms with Gasteiger partial charge in [0.15, 0.2) is 0 Å². The summed E-state index contributed by atoms with van der Waals surface area (Å²) >= 11 is 0. The number of carbonyl (C=O) groups excluding carboxylic acids is 4. The molecule has 0 saturated heterocycles. The molecule has 3 heterocycles. The molecule has 0 unspecified atom stereocenters. The van der Waals surface area contributed by atoms with Crippen molar-refractivity contribution in [1.82, 2.24) is 19.0 Å². The number of hydrogen-bond acceptors (Lipinski definition) is 5. The molecule has 0 bridgehead atoms. The molecule has 0 spiro atoms. The SMILES string of the molecule is CCOC(=O)CCCNC(=O)c1cc(NC(=O)c2cc(NC(=O)c3cccn3C)cn2C)cn1C. The standard InChI is InChI=1S/C24H30N6O5/c1-5-35-21(31)9-6-10-25-22(32)19-12-16(14-29(19)3)27-24(34)20-13-17(15-30(20)4)26-23(33)18-8-7-11-28(18)2/h7-8,11-15H,5-6,9-10H2,1-4H3,(H,25,32)(H,26,33)(H,27,34). The van der Waals surface area contributed by atoms with Crippen molar-refractivity contribution in [3.8, 4) is 0 Å². The largest absolute Gasteiger partial charge is 0.466 e. The number of hydrogen-bond donors (Lipinski definition) is 3. The topological polar surface area (TPSA) is 128 Å². The maximum atomic E-state index is 12.8. The average Bonchev–Trinajstić information content (AvgIpc) is 3.49. The van der Waals surface area contributed by atoms with E-state index in [0.717, 1.165) is 0 Å². The first kappa shape index (κ1) is 25.3. The summed E-state index contributed by atoms with van der Waals surface area (Å²) in [5.74, 6) is -1.29. The van der Waals surface area contributed by atoms with Gasteiger partial charge in [-0.3, -0.25) is 19.2 Å². The molecule has 3 amide bonds. The molecular formula is C24H30N6O5. The molecule has 186 valence electrons. The monoisotopic (exact) mass is 482 g/mol. The number of aryl methyl sites for hydroxylation is 3. The van der Waals surface area contributed by atoms with Crippen LogP contribution in [0.25, 0.3) is 0 Å². The average molecular weight is 483 g/mol. The van der Waals surface area contributed by atoms with Gasteiger partial charge in [-0.1, -0.05) is 0 Å². The molecule has 35 heavy (non-hydrogen) atoms. The van der Waals surface area contributed by atoms with Crippen molar-refractivity contribution in [1.29, 1.82) is 0 Å². The van der Waals surface area contributed by atoms with Crippen molar-refractivity contribution in [2.24, 2.45) is 21.1 Å². The molecule has 0 aliphatic carbocycles. The quantitative estimate of drug-likeness (QED) is 0.302. The number of rotatable bonds is 10. The molecule has 3 aromatic rings. The van der Waals surface area contributed by atoms with Crippen LogP contribution < -0.4 is 16.0 Å². The number of aromatic nitrogens is 3. The highest BCUT2D eigenvalue weighted by Gasteiger charge is 2.18. The molecule has 0 atom stereocenters. The smallest absolute Gasteiger partial charge is 0.305 e. The minimum absolute atomic E-state index is 0.229. The molecular weight excluding hydrogens is 452 g/mol. The highest BCUT2D eigenvalue weighted by Crippen LogP contribution is 2.18. The van der Waals surface area contributed by atoms with Crippen LogP contribution in [0.3, 0.4) is 0 Å². The molecule has 3 aromatic heterocycles. The van der Waals surface area contributed by atoms with E-state index < -0.39 is 0 Å². The maximum Gasteiger partial charge on any atom is 0.305 e. The van der Waals surface area contributed by atoms with Gasteiger partial charge in [0.05, 0.1) is 18.0 Å². The van der Waals surface area contributed by atoms with Crippen LogP contribution in [0.4, 0.5) is 11.4 Å². The van der Waals surface area contributed by atoms with E-state index in [4.69, 9.17) is 4.74 Å². The second-order valence-electron chi connectivity index (χ2n) is 8.03. The van der Waals surface area contributed by atoms with Crippen molar-refractivity contribution in [2.45, 2.75) is 19.8 Å². The second kappa shape index (κ2) is 11.2. The Kier molecular flexibility index (Phi) is 8.13. The molecule has 0 fully saturated rings. The Morgan fingerprint density at radius 2 is 1.40 bits per heavy atom. The van der Waals surface area contributed by atoms with Gasteiger partial charge in [-0.05, 0) is 37.6 Å². The number of nitrogens with one attached hydrogen (secondary N) is 3. The van der Waals surface area contributed by atoms with Crippen molar-refractivity contribution in [3.63, 3.8) is 0 Å². The number of amides is 3. The van der Waals surface area contributed by atoms with Crippen LogP contribution in [0, 0.1) is 0 Å². The fourth-order valence-electron chi connectivity index (χ4n) is 3.56. The summed E-state index contributed by atoms with van der Waals surface area (Å²) in [5.41, 5.74) is 2.13. The Hall–Kier alpha value is -4.28. The molecule has 0 aliphatic heterocycles. The van der Waals surface area contributed by atoms with Crippen molar-refractivity contribution >= 4 is 35.1 Å². The fraction of sp³-hybridized carbons (Fsp3) is 0.333. The normalized spacial score (nSPS) is 10.6. The van der Waals surface area contributed by atoms with Crippen molar-refractivity contribution in [3.05, 3.63) is 59.9 Å². The predicted octanol–water partition coefficient (Wildman–Crippen LogP) is 2.28. The third-order valence-electron chi connectivity index (χ3n) is 5.32. The number of anilines is 2. The highest BCUT2D eigenvalue weighted by atomic mass is 16.5. The molecule has 0 saturated carbocycles. The van der Waals surface area contributed by atoms with Gasteiger partial charge in [0.25, 0.3) is 17.7 Å². The summed E-state index contributed by atoms with van der Waals surface area (Å²) in [6.07, 6.45) is 5.75. The third-order valence-corrected chi connectivity index (χ3v) is 5.32. The maximum absolute atomic E-state index is 12.8. The summed E-state index contributed by atoms with van der Waals surface area (Å²) in [4.78, 5) is 49.1. The molecule has 0 aliphatic rings. The van der Waals surface area contributed by atoms with Crippen LogP contribution in [0.2, 0.25) is 0 Å². The zero-order chi connectivity index (χ0) is 25.5. The summed E-state index contributed by atoms with van der Waals surface area (Å²) < 4.78 is 9.78. The van der Waals surface area contributed by atoms with Crippen LogP contribution in [-0.2, 0) is 30.7 Å². The highest BCUT2D eigenvalue weighted by molar-refractivity contribution is 6.07. The van der Waals surface area contributed by atoms with E-state index in [1.807, 2.05) is 0 Å². The van der Waals surface area contributed by atoms with E-state index in [0.29, 0.717) is 48.0 Å². The minimum Gasteiger partial charge on any atom is -0.466 e. The lowest BCUT2D eigenvalue weighted by Crippen LogP contribution is -2.26. The van der Waals surface area contributed by atoms with Crippen LogP contribution in [0.1, 0.15) is 51.2 Å². The minimum atomic E-state index is -0.390. The first-order chi connectivity index (χ1) is 16.7. The first-order valence-corrected chi connectivity index (χ1v) is 11.2. The van der Waals surface area contributed by atoms with Gasteiger partial charge in [0.2, 0.25) is 0 Å². The number of esters is 1. The molecule has 3 N–H and O–H groups in total. The third kappa shape index (κ3) is 6.40. The Morgan fingerprint density at radius 3 is 1.94 bits per heavy atom. The van der Waals surface area contributed by atoms with E-state index in [1.165, 1.54) is 0 Å². The van der Waals surface area contributed by atoms with E-state index in [1.54, 1.807) is 84.6 Å². The van der Waals surface area contributed by atoms with Gasteiger partial charge in [-0.2, -0.15) is 0 Å². The van der Waals surface area contributed by atoms with Gasteiger partial charge in [-0.25, -0.2) is 0 Å².